The Kier molecular flexibility index (Phi) is 3.91. The molecule has 1 aliphatic carbocycles. The van der Waals surface area contributed by atoms with E-state index in [1.165, 1.54) is 12.8 Å². The first kappa shape index (κ1) is 11.5. The van der Waals surface area contributed by atoms with Crippen molar-refractivity contribution in [2.24, 2.45) is 5.92 Å². The first-order chi connectivity index (χ1) is 6.53. The fraction of sp³-hybridized carbons (Fsp3) is 0.909. The molecule has 2 atom stereocenters. The van der Waals surface area contributed by atoms with E-state index in [0.717, 1.165) is 12.8 Å². The Morgan fingerprint density at radius 2 is 2.07 bits per heavy atom. The summed E-state index contributed by atoms with van der Waals surface area (Å²) in [5.41, 5.74) is -0.683. The topological polar surface area (TPSA) is 56.0 Å². The van der Waals surface area contributed by atoms with Crippen LogP contribution in [0.15, 0.2) is 0 Å². The van der Waals surface area contributed by atoms with Crippen molar-refractivity contribution in [1.82, 2.24) is 5.32 Å². The molecular formula is C11H20N2O. The summed E-state index contributed by atoms with van der Waals surface area (Å²) in [7, 11) is 0. The van der Waals surface area contributed by atoms with Crippen LogP contribution in [0.25, 0.3) is 0 Å². The predicted molar refractivity (Wildman–Crippen MR) is 55.7 cm³/mol. The number of nitrogens with zero attached hydrogens (tertiary/aromatic N) is 1. The van der Waals surface area contributed by atoms with Gasteiger partial charge in [0.25, 0.3) is 0 Å². The summed E-state index contributed by atoms with van der Waals surface area (Å²) in [5, 5.41) is 21.8. The number of nitrogens with one attached hydrogen (secondary N) is 1. The van der Waals surface area contributed by atoms with Crippen molar-refractivity contribution in [3.8, 4) is 6.07 Å². The van der Waals surface area contributed by atoms with Crippen molar-refractivity contribution in [3.63, 3.8) is 0 Å². The standard InChI is InChI=1S/C11H20N2O/c1-11(2,14)8-13-10-6-4-3-5-9(10)7-12/h9-10,13-14H,3-6,8H2,1-2H3. The van der Waals surface area contributed by atoms with E-state index in [9.17, 15) is 5.11 Å². The van der Waals surface area contributed by atoms with Crippen molar-refractivity contribution in [2.45, 2.75) is 51.2 Å². The van der Waals surface area contributed by atoms with Crippen LogP contribution in [-0.4, -0.2) is 23.3 Å². The number of aliphatic hydroxyl groups is 1. The highest BCUT2D eigenvalue weighted by molar-refractivity contribution is 4.95. The fourth-order valence-electron chi connectivity index (χ4n) is 1.91. The highest BCUT2D eigenvalue weighted by atomic mass is 16.3. The van der Waals surface area contributed by atoms with E-state index in [1.54, 1.807) is 13.8 Å². The van der Waals surface area contributed by atoms with E-state index in [4.69, 9.17) is 5.26 Å². The molecule has 3 heteroatoms. The first-order valence-electron chi connectivity index (χ1n) is 5.38. The van der Waals surface area contributed by atoms with Crippen LogP contribution in [0.1, 0.15) is 39.5 Å². The first-order valence-corrected chi connectivity index (χ1v) is 5.38. The van der Waals surface area contributed by atoms with E-state index in [1.807, 2.05) is 0 Å². The van der Waals surface area contributed by atoms with Gasteiger partial charge in [-0.15, -0.1) is 0 Å². The molecule has 0 amide bonds. The molecule has 0 bridgehead atoms. The molecule has 2 N–H and O–H groups in total. The molecule has 0 aromatic heterocycles. The van der Waals surface area contributed by atoms with Crippen molar-refractivity contribution >= 4 is 0 Å². The minimum Gasteiger partial charge on any atom is -0.389 e. The Labute approximate surface area is 86.1 Å². The molecule has 14 heavy (non-hydrogen) atoms. The van der Waals surface area contributed by atoms with Gasteiger partial charge in [-0.1, -0.05) is 12.8 Å². The quantitative estimate of drug-likeness (QED) is 0.718. The molecule has 1 saturated carbocycles. The van der Waals surface area contributed by atoms with Crippen molar-refractivity contribution in [2.75, 3.05) is 6.54 Å². The fourth-order valence-corrected chi connectivity index (χ4v) is 1.91. The average molecular weight is 196 g/mol. The van der Waals surface area contributed by atoms with Crippen molar-refractivity contribution in [1.29, 1.82) is 5.26 Å². The Morgan fingerprint density at radius 3 is 2.64 bits per heavy atom. The third-order valence-electron chi connectivity index (χ3n) is 2.73. The van der Waals surface area contributed by atoms with Crippen molar-refractivity contribution in [3.05, 3.63) is 0 Å². The Hall–Kier alpha value is -0.590. The molecule has 0 aromatic rings. The predicted octanol–water partition coefficient (Wildman–Crippen LogP) is 1.43. The van der Waals surface area contributed by atoms with Gasteiger partial charge < -0.3 is 10.4 Å². The number of hydrogen-bond donors (Lipinski definition) is 2. The summed E-state index contributed by atoms with van der Waals surface area (Å²) in [4.78, 5) is 0. The zero-order chi connectivity index (χ0) is 10.6. The van der Waals surface area contributed by atoms with Crippen LogP contribution >= 0.6 is 0 Å². The monoisotopic (exact) mass is 196 g/mol. The Balaban J connectivity index is 2.38. The molecule has 0 saturated heterocycles. The Bertz CT molecular complexity index is 214. The second-order valence-electron chi connectivity index (χ2n) is 4.82. The van der Waals surface area contributed by atoms with E-state index < -0.39 is 5.60 Å². The molecule has 0 aromatic carbocycles. The third-order valence-corrected chi connectivity index (χ3v) is 2.73. The maximum absolute atomic E-state index is 9.56. The lowest BCUT2D eigenvalue weighted by molar-refractivity contribution is 0.0725. The summed E-state index contributed by atoms with van der Waals surface area (Å²) in [5.74, 6) is 0.131. The molecule has 1 fully saturated rings. The van der Waals surface area contributed by atoms with Crippen LogP contribution in [0.5, 0.6) is 0 Å². The van der Waals surface area contributed by atoms with Gasteiger partial charge in [0.1, 0.15) is 0 Å². The van der Waals surface area contributed by atoms with Crippen LogP contribution < -0.4 is 5.32 Å². The van der Waals surface area contributed by atoms with Crippen LogP contribution in [0.4, 0.5) is 0 Å². The SMILES string of the molecule is CC(C)(O)CNC1CCCCC1C#N. The smallest absolute Gasteiger partial charge is 0.0715 e. The van der Waals surface area contributed by atoms with Gasteiger partial charge in [-0.25, -0.2) is 0 Å². The lowest BCUT2D eigenvalue weighted by atomic mass is 9.85. The molecule has 1 rings (SSSR count). The largest absolute Gasteiger partial charge is 0.389 e. The van der Waals surface area contributed by atoms with Gasteiger partial charge in [-0.2, -0.15) is 5.26 Å². The van der Waals surface area contributed by atoms with Gasteiger partial charge >= 0.3 is 0 Å². The number of hydrogen-bond acceptors (Lipinski definition) is 3. The van der Waals surface area contributed by atoms with Crippen LogP contribution in [0.2, 0.25) is 0 Å². The molecule has 0 heterocycles. The minimum absolute atomic E-state index is 0.131. The van der Waals surface area contributed by atoms with Crippen molar-refractivity contribution < 1.29 is 5.11 Å². The summed E-state index contributed by atoms with van der Waals surface area (Å²) < 4.78 is 0. The summed E-state index contributed by atoms with van der Waals surface area (Å²) in [6.07, 6.45) is 4.43. The molecule has 0 aliphatic heterocycles. The zero-order valence-corrected chi connectivity index (χ0v) is 9.08. The van der Waals surface area contributed by atoms with E-state index in [-0.39, 0.29) is 12.0 Å². The second kappa shape index (κ2) is 4.77. The molecule has 1 aliphatic rings. The molecule has 80 valence electrons. The lowest BCUT2D eigenvalue weighted by Crippen LogP contribution is -2.44. The maximum atomic E-state index is 9.56. The average Bonchev–Trinajstić information content (AvgIpc) is 2.14. The number of nitriles is 1. The molecule has 0 radical (unpaired) electrons. The van der Waals surface area contributed by atoms with Crippen LogP contribution in [0.3, 0.4) is 0 Å². The number of rotatable bonds is 3. The van der Waals surface area contributed by atoms with Crippen LogP contribution in [-0.2, 0) is 0 Å². The highest BCUT2D eigenvalue weighted by Crippen LogP contribution is 2.23. The van der Waals surface area contributed by atoms with Gasteiger partial charge in [0.2, 0.25) is 0 Å². The molecule has 2 unspecified atom stereocenters. The third kappa shape index (κ3) is 3.65. The highest BCUT2D eigenvalue weighted by Gasteiger charge is 2.25. The Morgan fingerprint density at radius 1 is 1.43 bits per heavy atom. The minimum atomic E-state index is -0.683. The summed E-state index contributed by atoms with van der Waals surface area (Å²) in [6.45, 7) is 4.13. The van der Waals surface area contributed by atoms with E-state index >= 15 is 0 Å². The molecule has 0 spiro atoms. The van der Waals surface area contributed by atoms with Gasteiger partial charge in [0.05, 0.1) is 17.6 Å². The maximum Gasteiger partial charge on any atom is 0.0715 e. The summed E-state index contributed by atoms with van der Waals surface area (Å²) >= 11 is 0. The second-order valence-corrected chi connectivity index (χ2v) is 4.82. The zero-order valence-electron chi connectivity index (χ0n) is 9.08. The summed E-state index contributed by atoms with van der Waals surface area (Å²) in [6, 6.07) is 2.62. The van der Waals surface area contributed by atoms with E-state index in [0.29, 0.717) is 6.54 Å². The molecular weight excluding hydrogens is 176 g/mol. The lowest BCUT2D eigenvalue weighted by Gasteiger charge is -2.30. The van der Waals surface area contributed by atoms with Gasteiger partial charge in [-0.05, 0) is 26.7 Å². The van der Waals surface area contributed by atoms with Gasteiger partial charge in [0, 0.05) is 12.6 Å². The van der Waals surface area contributed by atoms with Gasteiger partial charge in [0.15, 0.2) is 0 Å². The molecule has 3 nitrogen and oxygen atoms in total. The normalized spacial score (nSPS) is 28.4. The van der Waals surface area contributed by atoms with Gasteiger partial charge in [-0.3, -0.25) is 0 Å². The van der Waals surface area contributed by atoms with E-state index in [2.05, 4.69) is 11.4 Å². The van der Waals surface area contributed by atoms with Crippen LogP contribution in [0, 0.1) is 17.2 Å².